The molecule has 1 aromatic rings. The molecule has 21 heavy (non-hydrogen) atoms. The van der Waals surface area contributed by atoms with Crippen molar-refractivity contribution < 1.29 is 14.3 Å². The monoisotopic (exact) mass is 290 g/mol. The highest BCUT2D eigenvalue weighted by molar-refractivity contribution is 5.89. The number of carbonyl (C=O) groups excluding carboxylic acids is 2. The van der Waals surface area contributed by atoms with Gasteiger partial charge in [0.15, 0.2) is 0 Å². The molecule has 2 N–H and O–H groups in total. The molecule has 2 amide bonds. The predicted octanol–water partition coefficient (Wildman–Crippen LogP) is 2.61. The van der Waals surface area contributed by atoms with Crippen molar-refractivity contribution in [2.75, 3.05) is 7.11 Å². The first-order valence-corrected chi connectivity index (χ1v) is 7.40. The SMILES string of the molecule is COC(=O)c1ccc(CNC(=O)NC2CCCCC2)cc1. The van der Waals surface area contributed by atoms with Crippen LogP contribution in [-0.4, -0.2) is 25.2 Å². The highest BCUT2D eigenvalue weighted by atomic mass is 16.5. The fourth-order valence-corrected chi connectivity index (χ4v) is 2.54. The fourth-order valence-electron chi connectivity index (χ4n) is 2.54. The van der Waals surface area contributed by atoms with Gasteiger partial charge in [-0.1, -0.05) is 31.4 Å². The number of benzene rings is 1. The number of hydrogen-bond acceptors (Lipinski definition) is 3. The van der Waals surface area contributed by atoms with E-state index in [1.807, 2.05) is 12.1 Å². The quantitative estimate of drug-likeness (QED) is 0.838. The Morgan fingerprint density at radius 3 is 2.43 bits per heavy atom. The number of amides is 2. The van der Waals surface area contributed by atoms with E-state index in [-0.39, 0.29) is 12.0 Å². The lowest BCUT2D eigenvalue weighted by Gasteiger charge is -2.22. The minimum Gasteiger partial charge on any atom is -0.465 e. The topological polar surface area (TPSA) is 67.4 Å². The molecule has 1 aliphatic carbocycles. The average Bonchev–Trinajstić information content (AvgIpc) is 2.53. The summed E-state index contributed by atoms with van der Waals surface area (Å²) in [6, 6.07) is 7.20. The molecule has 114 valence electrons. The Bertz CT molecular complexity index is 479. The van der Waals surface area contributed by atoms with E-state index in [2.05, 4.69) is 15.4 Å². The summed E-state index contributed by atoms with van der Waals surface area (Å²) in [4.78, 5) is 23.1. The molecule has 1 aliphatic rings. The lowest BCUT2D eigenvalue weighted by atomic mass is 9.96. The Labute approximate surface area is 125 Å². The van der Waals surface area contributed by atoms with Crippen LogP contribution in [0.2, 0.25) is 0 Å². The maximum Gasteiger partial charge on any atom is 0.337 e. The number of urea groups is 1. The van der Waals surface area contributed by atoms with E-state index in [4.69, 9.17) is 0 Å². The molecule has 0 spiro atoms. The molecule has 2 rings (SSSR count). The zero-order valence-electron chi connectivity index (χ0n) is 12.4. The summed E-state index contributed by atoms with van der Waals surface area (Å²) in [7, 11) is 1.35. The molecule has 5 heteroatoms. The summed E-state index contributed by atoms with van der Waals surface area (Å²) < 4.78 is 4.64. The van der Waals surface area contributed by atoms with E-state index in [1.54, 1.807) is 12.1 Å². The van der Waals surface area contributed by atoms with Crippen LogP contribution < -0.4 is 10.6 Å². The Morgan fingerprint density at radius 2 is 1.81 bits per heavy atom. The Balaban J connectivity index is 1.76. The van der Waals surface area contributed by atoms with Gasteiger partial charge in [-0.3, -0.25) is 0 Å². The van der Waals surface area contributed by atoms with Crippen LogP contribution in [0.1, 0.15) is 48.0 Å². The molecule has 0 heterocycles. The summed E-state index contributed by atoms with van der Waals surface area (Å²) in [6.45, 7) is 0.444. The van der Waals surface area contributed by atoms with Crippen molar-refractivity contribution in [3.05, 3.63) is 35.4 Å². The Hall–Kier alpha value is -2.04. The van der Waals surface area contributed by atoms with Crippen LogP contribution in [0.5, 0.6) is 0 Å². The van der Waals surface area contributed by atoms with Gasteiger partial charge in [-0.05, 0) is 30.5 Å². The first kappa shape index (κ1) is 15.4. The van der Waals surface area contributed by atoms with Gasteiger partial charge in [-0.2, -0.15) is 0 Å². The molecule has 1 fully saturated rings. The minimum absolute atomic E-state index is 0.126. The van der Waals surface area contributed by atoms with E-state index in [9.17, 15) is 9.59 Å². The van der Waals surface area contributed by atoms with Gasteiger partial charge in [0.25, 0.3) is 0 Å². The van der Waals surface area contributed by atoms with Gasteiger partial charge in [0, 0.05) is 12.6 Å². The first-order valence-electron chi connectivity index (χ1n) is 7.40. The standard InChI is InChI=1S/C16H22N2O3/c1-21-15(19)13-9-7-12(8-10-13)11-17-16(20)18-14-5-3-2-4-6-14/h7-10,14H,2-6,11H2,1H3,(H2,17,18,20). The van der Waals surface area contributed by atoms with E-state index < -0.39 is 0 Å². The van der Waals surface area contributed by atoms with Crippen LogP contribution in [0.25, 0.3) is 0 Å². The van der Waals surface area contributed by atoms with Crippen molar-refractivity contribution in [1.82, 2.24) is 10.6 Å². The summed E-state index contributed by atoms with van der Waals surface area (Å²) in [5, 5.41) is 5.85. The number of carbonyl (C=O) groups is 2. The summed E-state index contributed by atoms with van der Waals surface area (Å²) >= 11 is 0. The van der Waals surface area contributed by atoms with E-state index in [1.165, 1.54) is 26.4 Å². The molecule has 0 radical (unpaired) electrons. The number of methoxy groups -OCH3 is 1. The van der Waals surface area contributed by atoms with Gasteiger partial charge in [0.1, 0.15) is 0 Å². The molecule has 1 aromatic carbocycles. The van der Waals surface area contributed by atoms with Gasteiger partial charge in [0.2, 0.25) is 0 Å². The molecular formula is C16H22N2O3. The van der Waals surface area contributed by atoms with Gasteiger partial charge >= 0.3 is 12.0 Å². The van der Waals surface area contributed by atoms with Crippen LogP contribution in [-0.2, 0) is 11.3 Å². The molecule has 0 atom stereocenters. The third-order valence-corrected chi connectivity index (χ3v) is 3.77. The normalized spacial score (nSPS) is 15.3. The van der Waals surface area contributed by atoms with Crippen LogP contribution >= 0.6 is 0 Å². The highest BCUT2D eigenvalue weighted by Gasteiger charge is 2.15. The van der Waals surface area contributed by atoms with Crippen LogP contribution in [0.15, 0.2) is 24.3 Å². The van der Waals surface area contributed by atoms with E-state index in [0.717, 1.165) is 18.4 Å². The molecule has 0 saturated heterocycles. The van der Waals surface area contributed by atoms with Gasteiger partial charge in [-0.25, -0.2) is 9.59 Å². The van der Waals surface area contributed by atoms with Crippen molar-refractivity contribution in [3.8, 4) is 0 Å². The lowest BCUT2D eigenvalue weighted by Crippen LogP contribution is -2.42. The smallest absolute Gasteiger partial charge is 0.337 e. The minimum atomic E-state index is -0.357. The molecule has 0 aromatic heterocycles. The second-order valence-corrected chi connectivity index (χ2v) is 5.35. The number of hydrogen-bond donors (Lipinski definition) is 2. The van der Waals surface area contributed by atoms with Crippen molar-refractivity contribution >= 4 is 12.0 Å². The van der Waals surface area contributed by atoms with Crippen molar-refractivity contribution in [1.29, 1.82) is 0 Å². The number of esters is 1. The van der Waals surface area contributed by atoms with Crippen molar-refractivity contribution in [2.45, 2.75) is 44.7 Å². The molecule has 0 bridgehead atoms. The summed E-state index contributed by atoms with van der Waals surface area (Å²) in [5.41, 5.74) is 1.45. The third-order valence-electron chi connectivity index (χ3n) is 3.77. The largest absolute Gasteiger partial charge is 0.465 e. The second-order valence-electron chi connectivity index (χ2n) is 5.35. The average molecular weight is 290 g/mol. The van der Waals surface area contributed by atoms with E-state index in [0.29, 0.717) is 18.2 Å². The number of ether oxygens (including phenoxy) is 1. The third kappa shape index (κ3) is 4.77. The predicted molar refractivity (Wildman–Crippen MR) is 80.0 cm³/mol. The van der Waals surface area contributed by atoms with Gasteiger partial charge < -0.3 is 15.4 Å². The molecule has 0 unspecified atom stereocenters. The highest BCUT2D eigenvalue weighted by Crippen LogP contribution is 2.17. The zero-order chi connectivity index (χ0) is 15.1. The summed E-state index contributed by atoms with van der Waals surface area (Å²) in [6.07, 6.45) is 5.80. The number of rotatable bonds is 4. The molecule has 0 aliphatic heterocycles. The maximum absolute atomic E-state index is 11.8. The van der Waals surface area contributed by atoms with E-state index >= 15 is 0 Å². The molecular weight excluding hydrogens is 268 g/mol. The van der Waals surface area contributed by atoms with Crippen molar-refractivity contribution in [3.63, 3.8) is 0 Å². The van der Waals surface area contributed by atoms with Gasteiger partial charge in [0.05, 0.1) is 12.7 Å². The second kappa shape index (κ2) is 7.67. The van der Waals surface area contributed by atoms with Crippen molar-refractivity contribution in [2.24, 2.45) is 0 Å². The first-order chi connectivity index (χ1) is 10.2. The fraction of sp³-hybridized carbons (Fsp3) is 0.500. The summed E-state index contributed by atoms with van der Waals surface area (Å²) in [5.74, 6) is -0.357. The number of nitrogens with one attached hydrogen (secondary N) is 2. The molecule has 1 saturated carbocycles. The van der Waals surface area contributed by atoms with Crippen LogP contribution in [0, 0.1) is 0 Å². The maximum atomic E-state index is 11.8. The van der Waals surface area contributed by atoms with Gasteiger partial charge in [-0.15, -0.1) is 0 Å². The van der Waals surface area contributed by atoms with Crippen LogP contribution in [0.3, 0.4) is 0 Å². The Kier molecular flexibility index (Phi) is 5.60. The van der Waals surface area contributed by atoms with Crippen LogP contribution in [0.4, 0.5) is 4.79 Å². The zero-order valence-corrected chi connectivity index (χ0v) is 12.4. The lowest BCUT2D eigenvalue weighted by molar-refractivity contribution is 0.0600. The molecule has 5 nitrogen and oxygen atoms in total. The Morgan fingerprint density at radius 1 is 1.14 bits per heavy atom.